The third kappa shape index (κ3) is 3.66. The molecule has 1 aromatic rings. The Morgan fingerprint density at radius 2 is 2.35 bits per heavy atom. The van der Waals surface area contributed by atoms with E-state index in [1.54, 1.807) is 12.1 Å². The van der Waals surface area contributed by atoms with E-state index in [-0.39, 0.29) is 11.9 Å². The average Bonchev–Trinajstić information content (AvgIpc) is 2.82. The zero-order valence-electron chi connectivity index (χ0n) is 9.42. The molecule has 0 aromatic heterocycles. The third-order valence-electron chi connectivity index (χ3n) is 2.95. The highest BCUT2D eigenvalue weighted by Crippen LogP contribution is 2.22. The molecule has 1 unspecified atom stereocenters. The highest BCUT2D eigenvalue weighted by atomic mass is 127. The molecule has 1 aliphatic rings. The van der Waals surface area contributed by atoms with Gasteiger partial charge in [0.2, 0.25) is 0 Å². The van der Waals surface area contributed by atoms with E-state index in [2.05, 4.69) is 22.6 Å². The van der Waals surface area contributed by atoms with Gasteiger partial charge in [0.25, 0.3) is 0 Å². The van der Waals surface area contributed by atoms with Gasteiger partial charge in [0.05, 0.1) is 6.10 Å². The number of ether oxygens (including phenoxy) is 1. The lowest BCUT2D eigenvalue weighted by molar-refractivity contribution is 0.0859. The second-order valence-electron chi connectivity index (χ2n) is 4.22. The quantitative estimate of drug-likeness (QED) is 0.594. The molecular formula is C13H14ClIO2. The van der Waals surface area contributed by atoms with Crippen LogP contribution < -0.4 is 0 Å². The van der Waals surface area contributed by atoms with E-state index in [0.717, 1.165) is 35.0 Å². The number of halogens is 2. The van der Waals surface area contributed by atoms with E-state index in [0.29, 0.717) is 11.4 Å². The molecule has 92 valence electrons. The number of carbonyl (C=O) groups is 1. The number of hydrogen-bond acceptors (Lipinski definition) is 2. The van der Waals surface area contributed by atoms with Gasteiger partial charge in [-0.05, 0) is 60.1 Å². The first-order chi connectivity index (χ1) is 8.16. The molecule has 1 aliphatic heterocycles. The first kappa shape index (κ1) is 13.3. The Labute approximate surface area is 120 Å². The Balaban J connectivity index is 1.96. The lowest BCUT2D eigenvalue weighted by atomic mass is 10.0. The van der Waals surface area contributed by atoms with Crippen LogP contribution in [0.1, 0.15) is 36.0 Å². The Kier molecular flexibility index (Phi) is 4.82. The van der Waals surface area contributed by atoms with Crippen molar-refractivity contribution in [2.24, 2.45) is 0 Å². The van der Waals surface area contributed by atoms with Crippen molar-refractivity contribution in [2.45, 2.75) is 31.8 Å². The van der Waals surface area contributed by atoms with Crippen molar-refractivity contribution in [1.82, 2.24) is 0 Å². The summed E-state index contributed by atoms with van der Waals surface area (Å²) in [4.78, 5) is 12.1. The number of carbonyl (C=O) groups excluding carboxylic acids is 1. The molecule has 1 fully saturated rings. The van der Waals surface area contributed by atoms with Crippen LogP contribution in [0.5, 0.6) is 0 Å². The third-order valence-corrected chi connectivity index (χ3v) is 4.12. The maximum absolute atomic E-state index is 12.1. The van der Waals surface area contributed by atoms with Gasteiger partial charge in [0.15, 0.2) is 5.78 Å². The summed E-state index contributed by atoms with van der Waals surface area (Å²) in [6, 6.07) is 5.43. The van der Waals surface area contributed by atoms with E-state index in [4.69, 9.17) is 16.3 Å². The largest absolute Gasteiger partial charge is 0.378 e. The maximum atomic E-state index is 12.1. The first-order valence-electron chi connectivity index (χ1n) is 5.76. The van der Waals surface area contributed by atoms with Crippen LogP contribution in [0.2, 0.25) is 5.02 Å². The molecule has 0 spiro atoms. The van der Waals surface area contributed by atoms with Gasteiger partial charge in [-0.2, -0.15) is 0 Å². The van der Waals surface area contributed by atoms with E-state index in [1.807, 2.05) is 6.07 Å². The lowest BCUT2D eigenvalue weighted by Crippen LogP contribution is -2.09. The van der Waals surface area contributed by atoms with Gasteiger partial charge in [-0.3, -0.25) is 4.79 Å². The SMILES string of the molecule is O=C(CCC1CCCO1)c1cc(Cl)ccc1I. The fourth-order valence-electron chi connectivity index (χ4n) is 2.01. The number of hydrogen-bond donors (Lipinski definition) is 0. The molecule has 2 nitrogen and oxygen atoms in total. The molecule has 1 heterocycles. The Morgan fingerprint density at radius 1 is 1.53 bits per heavy atom. The van der Waals surface area contributed by atoms with Crippen molar-refractivity contribution in [3.05, 3.63) is 32.4 Å². The fraction of sp³-hybridized carbons (Fsp3) is 0.462. The molecule has 2 rings (SSSR count). The summed E-state index contributed by atoms with van der Waals surface area (Å²) in [6.07, 6.45) is 3.84. The standard InChI is InChI=1S/C13H14ClIO2/c14-9-3-5-12(15)11(8-9)13(16)6-4-10-2-1-7-17-10/h3,5,8,10H,1-2,4,6-7H2. The molecule has 17 heavy (non-hydrogen) atoms. The molecule has 0 saturated carbocycles. The van der Waals surface area contributed by atoms with Crippen LogP contribution in [0.25, 0.3) is 0 Å². The van der Waals surface area contributed by atoms with Gasteiger partial charge in [0.1, 0.15) is 0 Å². The average molecular weight is 365 g/mol. The van der Waals surface area contributed by atoms with Crippen molar-refractivity contribution >= 4 is 40.0 Å². The van der Waals surface area contributed by atoms with Crippen molar-refractivity contribution in [1.29, 1.82) is 0 Å². The van der Waals surface area contributed by atoms with Crippen molar-refractivity contribution in [3.63, 3.8) is 0 Å². The van der Waals surface area contributed by atoms with E-state index in [1.165, 1.54) is 0 Å². The van der Waals surface area contributed by atoms with Gasteiger partial charge >= 0.3 is 0 Å². The van der Waals surface area contributed by atoms with Gasteiger partial charge in [0, 0.05) is 27.2 Å². The van der Waals surface area contributed by atoms with E-state index in [9.17, 15) is 4.79 Å². The smallest absolute Gasteiger partial charge is 0.164 e. The number of rotatable bonds is 4. The van der Waals surface area contributed by atoms with E-state index >= 15 is 0 Å². The monoisotopic (exact) mass is 364 g/mol. The number of Topliss-reactive ketones (excluding diaryl/α,β-unsaturated/α-hetero) is 1. The molecule has 1 saturated heterocycles. The number of ketones is 1. The topological polar surface area (TPSA) is 26.3 Å². The Hall–Kier alpha value is -0.130. The van der Waals surface area contributed by atoms with Crippen molar-refractivity contribution in [3.8, 4) is 0 Å². The zero-order valence-corrected chi connectivity index (χ0v) is 12.3. The summed E-state index contributed by atoms with van der Waals surface area (Å²) >= 11 is 8.08. The molecular weight excluding hydrogens is 350 g/mol. The van der Waals surface area contributed by atoms with E-state index < -0.39 is 0 Å². The lowest BCUT2D eigenvalue weighted by Gasteiger charge is -2.09. The minimum atomic E-state index is 0.160. The van der Waals surface area contributed by atoms with Crippen LogP contribution >= 0.6 is 34.2 Å². The van der Waals surface area contributed by atoms with Crippen LogP contribution in [-0.4, -0.2) is 18.5 Å². The minimum absolute atomic E-state index is 0.160. The Morgan fingerprint density at radius 3 is 3.06 bits per heavy atom. The molecule has 0 amide bonds. The molecule has 4 heteroatoms. The molecule has 1 atom stereocenters. The predicted octanol–water partition coefficient (Wildman–Crippen LogP) is 4.09. The predicted molar refractivity (Wildman–Crippen MR) is 76.7 cm³/mol. The zero-order chi connectivity index (χ0) is 12.3. The fourth-order valence-corrected chi connectivity index (χ4v) is 2.82. The van der Waals surface area contributed by atoms with Crippen LogP contribution in [0, 0.1) is 3.57 Å². The van der Waals surface area contributed by atoms with Crippen LogP contribution in [0.3, 0.4) is 0 Å². The summed E-state index contributed by atoms with van der Waals surface area (Å²) in [5.41, 5.74) is 0.732. The maximum Gasteiger partial charge on any atom is 0.164 e. The van der Waals surface area contributed by atoms with Crippen molar-refractivity contribution in [2.75, 3.05) is 6.61 Å². The highest BCUT2D eigenvalue weighted by molar-refractivity contribution is 14.1. The summed E-state index contributed by atoms with van der Waals surface area (Å²) in [6.45, 7) is 0.841. The summed E-state index contributed by atoms with van der Waals surface area (Å²) < 4.78 is 6.48. The van der Waals surface area contributed by atoms with Gasteiger partial charge < -0.3 is 4.74 Å². The number of benzene rings is 1. The summed E-state index contributed by atoms with van der Waals surface area (Å²) in [5.74, 6) is 0.160. The van der Waals surface area contributed by atoms with Gasteiger partial charge in [-0.1, -0.05) is 11.6 Å². The summed E-state index contributed by atoms with van der Waals surface area (Å²) in [7, 11) is 0. The van der Waals surface area contributed by atoms with Crippen molar-refractivity contribution < 1.29 is 9.53 Å². The molecule has 0 radical (unpaired) electrons. The normalized spacial score (nSPS) is 19.5. The minimum Gasteiger partial charge on any atom is -0.378 e. The molecule has 1 aromatic carbocycles. The highest BCUT2D eigenvalue weighted by Gasteiger charge is 2.18. The first-order valence-corrected chi connectivity index (χ1v) is 7.22. The van der Waals surface area contributed by atoms with Gasteiger partial charge in [-0.25, -0.2) is 0 Å². The molecule has 0 aliphatic carbocycles. The Bertz CT molecular complexity index is 414. The van der Waals surface area contributed by atoms with Crippen LogP contribution in [0.15, 0.2) is 18.2 Å². The second-order valence-corrected chi connectivity index (χ2v) is 5.82. The molecule has 0 N–H and O–H groups in total. The van der Waals surface area contributed by atoms with Crippen LogP contribution in [-0.2, 0) is 4.74 Å². The van der Waals surface area contributed by atoms with Crippen LogP contribution in [0.4, 0.5) is 0 Å². The molecule has 0 bridgehead atoms. The van der Waals surface area contributed by atoms with Gasteiger partial charge in [-0.15, -0.1) is 0 Å². The second kappa shape index (κ2) is 6.16. The summed E-state index contributed by atoms with van der Waals surface area (Å²) in [5, 5.41) is 0.617.